The lowest BCUT2D eigenvalue weighted by molar-refractivity contribution is 0.646. The van der Waals surface area contributed by atoms with Gasteiger partial charge in [-0.1, -0.05) is 0 Å². The van der Waals surface area contributed by atoms with Gasteiger partial charge in [-0.2, -0.15) is 5.10 Å². The van der Waals surface area contributed by atoms with Gasteiger partial charge >= 0.3 is 0 Å². The number of aryl methyl sites for hydroxylation is 1. The summed E-state index contributed by atoms with van der Waals surface area (Å²) in [7, 11) is 3.85. The Labute approximate surface area is 74.9 Å². The summed E-state index contributed by atoms with van der Waals surface area (Å²) in [4.78, 5) is 0. The second-order valence-electron chi connectivity index (χ2n) is 2.52. The number of nitrogens with one attached hydrogen (secondary N) is 1. The highest BCUT2D eigenvalue weighted by molar-refractivity contribution is 9.10. The zero-order chi connectivity index (χ0) is 8.43. The Bertz CT molecular complexity index is 244. The fourth-order valence-corrected chi connectivity index (χ4v) is 1.42. The fraction of sp³-hybridized carbons (Fsp3) is 0.571. The van der Waals surface area contributed by atoms with E-state index < -0.39 is 0 Å². The standard InChI is InChI=1S/C7H12BrN3/c1-5(9-2)6-4-10-11(3)7(6)8/h4-5,9H,1-3H3. The molecule has 1 atom stereocenters. The molecule has 1 N–H and O–H groups in total. The number of nitrogens with zero attached hydrogens (tertiary/aromatic N) is 2. The zero-order valence-corrected chi connectivity index (χ0v) is 8.51. The molecule has 1 heterocycles. The molecular formula is C7H12BrN3. The third kappa shape index (κ3) is 1.62. The van der Waals surface area contributed by atoms with Crippen LogP contribution in [0.15, 0.2) is 10.8 Å². The summed E-state index contributed by atoms with van der Waals surface area (Å²) >= 11 is 3.45. The van der Waals surface area contributed by atoms with E-state index in [-0.39, 0.29) is 0 Å². The molecular weight excluding hydrogens is 206 g/mol. The maximum absolute atomic E-state index is 4.11. The molecule has 11 heavy (non-hydrogen) atoms. The molecule has 1 rings (SSSR count). The number of hydrogen-bond donors (Lipinski definition) is 1. The molecule has 1 aromatic rings. The van der Waals surface area contributed by atoms with Gasteiger partial charge in [0.25, 0.3) is 0 Å². The van der Waals surface area contributed by atoms with E-state index in [1.54, 1.807) is 0 Å². The molecule has 0 radical (unpaired) electrons. The van der Waals surface area contributed by atoms with Crippen molar-refractivity contribution in [1.82, 2.24) is 15.1 Å². The monoisotopic (exact) mass is 217 g/mol. The van der Waals surface area contributed by atoms with Gasteiger partial charge in [-0.25, -0.2) is 0 Å². The van der Waals surface area contributed by atoms with Crippen molar-refractivity contribution in [2.75, 3.05) is 7.05 Å². The Morgan fingerprint density at radius 1 is 1.73 bits per heavy atom. The topological polar surface area (TPSA) is 29.9 Å². The smallest absolute Gasteiger partial charge is 0.108 e. The van der Waals surface area contributed by atoms with Crippen molar-refractivity contribution in [3.8, 4) is 0 Å². The Kier molecular flexibility index (Phi) is 2.67. The average Bonchev–Trinajstić information content (AvgIpc) is 2.32. The van der Waals surface area contributed by atoms with Crippen LogP contribution < -0.4 is 5.32 Å². The van der Waals surface area contributed by atoms with E-state index in [9.17, 15) is 0 Å². The summed E-state index contributed by atoms with van der Waals surface area (Å²) in [5, 5.41) is 7.27. The first-order chi connectivity index (χ1) is 5.16. The molecule has 4 heteroatoms. The average molecular weight is 218 g/mol. The van der Waals surface area contributed by atoms with Crippen molar-refractivity contribution in [1.29, 1.82) is 0 Å². The highest BCUT2D eigenvalue weighted by atomic mass is 79.9. The van der Waals surface area contributed by atoms with E-state index in [1.165, 1.54) is 5.56 Å². The maximum Gasteiger partial charge on any atom is 0.108 e. The molecule has 0 aliphatic heterocycles. The van der Waals surface area contributed by atoms with Crippen LogP contribution in [0, 0.1) is 0 Å². The highest BCUT2D eigenvalue weighted by Gasteiger charge is 2.10. The van der Waals surface area contributed by atoms with Crippen molar-refractivity contribution in [2.45, 2.75) is 13.0 Å². The fourth-order valence-electron chi connectivity index (χ4n) is 0.886. The largest absolute Gasteiger partial charge is 0.313 e. The maximum atomic E-state index is 4.11. The summed E-state index contributed by atoms with van der Waals surface area (Å²) in [6, 6.07) is 0.345. The van der Waals surface area contributed by atoms with Crippen LogP contribution in [0.4, 0.5) is 0 Å². The van der Waals surface area contributed by atoms with Gasteiger partial charge in [0.05, 0.1) is 6.20 Å². The van der Waals surface area contributed by atoms with Gasteiger partial charge in [-0.3, -0.25) is 4.68 Å². The molecule has 0 saturated carbocycles. The number of halogens is 1. The minimum Gasteiger partial charge on any atom is -0.313 e. The van der Waals surface area contributed by atoms with Crippen molar-refractivity contribution in [2.24, 2.45) is 7.05 Å². The van der Waals surface area contributed by atoms with Crippen molar-refractivity contribution in [3.05, 3.63) is 16.4 Å². The van der Waals surface area contributed by atoms with Crippen LogP contribution in [-0.2, 0) is 7.05 Å². The second kappa shape index (κ2) is 3.36. The van der Waals surface area contributed by atoms with Gasteiger partial charge in [-0.05, 0) is 29.9 Å². The molecule has 0 fully saturated rings. The molecule has 3 nitrogen and oxygen atoms in total. The first-order valence-electron chi connectivity index (χ1n) is 3.51. The summed E-state index contributed by atoms with van der Waals surface area (Å²) in [6.45, 7) is 2.10. The summed E-state index contributed by atoms with van der Waals surface area (Å²) in [5.74, 6) is 0. The van der Waals surface area contributed by atoms with E-state index in [0.29, 0.717) is 6.04 Å². The Morgan fingerprint density at radius 2 is 2.36 bits per heavy atom. The molecule has 1 unspecified atom stereocenters. The molecule has 62 valence electrons. The van der Waals surface area contributed by atoms with Crippen LogP contribution in [0.3, 0.4) is 0 Å². The Hall–Kier alpha value is -0.350. The molecule has 0 saturated heterocycles. The predicted molar refractivity (Wildman–Crippen MR) is 48.4 cm³/mol. The molecule has 1 aromatic heterocycles. The summed E-state index contributed by atoms with van der Waals surface area (Å²) < 4.78 is 2.85. The second-order valence-corrected chi connectivity index (χ2v) is 3.28. The van der Waals surface area contributed by atoms with E-state index in [2.05, 4.69) is 33.3 Å². The van der Waals surface area contributed by atoms with E-state index in [4.69, 9.17) is 0 Å². The van der Waals surface area contributed by atoms with Crippen LogP contribution >= 0.6 is 15.9 Å². The third-order valence-electron chi connectivity index (χ3n) is 1.79. The van der Waals surface area contributed by atoms with Gasteiger partial charge in [0.15, 0.2) is 0 Å². The van der Waals surface area contributed by atoms with Crippen molar-refractivity contribution in [3.63, 3.8) is 0 Å². The molecule has 0 aliphatic carbocycles. The first kappa shape index (κ1) is 8.74. The lowest BCUT2D eigenvalue weighted by atomic mass is 10.2. The Balaban J connectivity index is 2.94. The minimum atomic E-state index is 0.345. The van der Waals surface area contributed by atoms with Crippen LogP contribution in [-0.4, -0.2) is 16.8 Å². The van der Waals surface area contributed by atoms with Gasteiger partial charge in [0.1, 0.15) is 4.60 Å². The number of aromatic nitrogens is 2. The first-order valence-corrected chi connectivity index (χ1v) is 4.30. The van der Waals surface area contributed by atoms with E-state index in [0.717, 1.165) is 4.60 Å². The molecule has 0 spiro atoms. The quantitative estimate of drug-likeness (QED) is 0.814. The van der Waals surface area contributed by atoms with Crippen LogP contribution in [0.25, 0.3) is 0 Å². The Morgan fingerprint density at radius 3 is 2.73 bits per heavy atom. The normalized spacial score (nSPS) is 13.5. The van der Waals surface area contributed by atoms with Crippen LogP contribution in [0.1, 0.15) is 18.5 Å². The zero-order valence-electron chi connectivity index (χ0n) is 6.93. The van der Waals surface area contributed by atoms with Gasteiger partial charge < -0.3 is 5.32 Å². The van der Waals surface area contributed by atoms with Gasteiger partial charge in [-0.15, -0.1) is 0 Å². The summed E-state index contributed by atoms with van der Waals surface area (Å²) in [6.07, 6.45) is 1.87. The van der Waals surface area contributed by atoms with Crippen molar-refractivity contribution >= 4 is 15.9 Å². The number of rotatable bonds is 2. The lowest BCUT2D eigenvalue weighted by Crippen LogP contribution is -2.12. The lowest BCUT2D eigenvalue weighted by Gasteiger charge is -2.07. The predicted octanol–water partition coefficient (Wildman–Crippen LogP) is 1.46. The van der Waals surface area contributed by atoms with Crippen LogP contribution in [0.5, 0.6) is 0 Å². The highest BCUT2D eigenvalue weighted by Crippen LogP contribution is 2.21. The van der Waals surface area contributed by atoms with Gasteiger partial charge in [0, 0.05) is 18.7 Å². The van der Waals surface area contributed by atoms with Crippen LogP contribution in [0.2, 0.25) is 0 Å². The van der Waals surface area contributed by atoms with Gasteiger partial charge in [0.2, 0.25) is 0 Å². The van der Waals surface area contributed by atoms with Crippen molar-refractivity contribution < 1.29 is 0 Å². The molecule has 0 amide bonds. The third-order valence-corrected chi connectivity index (χ3v) is 2.76. The van der Waals surface area contributed by atoms with E-state index >= 15 is 0 Å². The molecule has 0 bridgehead atoms. The summed E-state index contributed by atoms with van der Waals surface area (Å²) in [5.41, 5.74) is 1.19. The SMILES string of the molecule is CNC(C)c1cnn(C)c1Br. The van der Waals surface area contributed by atoms with E-state index in [1.807, 2.05) is 25.0 Å². The minimum absolute atomic E-state index is 0.345. The number of hydrogen-bond acceptors (Lipinski definition) is 2. The molecule has 0 aromatic carbocycles. The molecule has 0 aliphatic rings.